The summed E-state index contributed by atoms with van der Waals surface area (Å²) in [6.45, 7) is 2.38. The summed E-state index contributed by atoms with van der Waals surface area (Å²) in [5.74, 6) is 0.829. The number of allylic oxidation sites excluding steroid dienone is 1. The van der Waals surface area contributed by atoms with E-state index in [1.807, 2.05) is 36.6 Å². The van der Waals surface area contributed by atoms with E-state index in [1.165, 1.54) is 0 Å². The van der Waals surface area contributed by atoms with E-state index in [-0.39, 0.29) is 5.54 Å². The molecule has 0 aliphatic carbocycles. The summed E-state index contributed by atoms with van der Waals surface area (Å²) < 4.78 is 5.74. The molecule has 1 aromatic carbocycles. The van der Waals surface area contributed by atoms with E-state index >= 15 is 0 Å². The molecular weight excluding hydrogens is 270 g/mol. The molecule has 0 radical (unpaired) electrons. The van der Waals surface area contributed by atoms with Crippen LogP contribution in [0.3, 0.4) is 0 Å². The number of hydrogen-bond acceptors (Lipinski definition) is 4. The third-order valence-electron chi connectivity index (χ3n) is 3.53. The van der Waals surface area contributed by atoms with Gasteiger partial charge in [0.2, 0.25) is 0 Å². The van der Waals surface area contributed by atoms with E-state index in [2.05, 4.69) is 18.0 Å². The van der Waals surface area contributed by atoms with Crippen LogP contribution in [0.4, 0.5) is 0 Å². The van der Waals surface area contributed by atoms with Crippen LogP contribution in [0.5, 0.6) is 5.75 Å². The van der Waals surface area contributed by atoms with Crippen molar-refractivity contribution in [3.8, 4) is 5.75 Å². The number of nitrogens with zero attached hydrogens (tertiary/aromatic N) is 1. The Balaban J connectivity index is 1.90. The van der Waals surface area contributed by atoms with Crippen LogP contribution >= 0.6 is 11.8 Å². The van der Waals surface area contributed by atoms with Crippen LogP contribution in [-0.4, -0.2) is 35.8 Å². The molecule has 1 N–H and O–H groups in total. The molecule has 2 atom stereocenters. The van der Waals surface area contributed by atoms with Crippen LogP contribution < -0.4 is 4.74 Å². The van der Waals surface area contributed by atoms with Crippen LogP contribution in [0.25, 0.3) is 0 Å². The lowest BCUT2D eigenvalue weighted by Gasteiger charge is -2.25. The highest BCUT2D eigenvalue weighted by atomic mass is 32.2. The number of aliphatic hydroxyl groups is 1. The Morgan fingerprint density at radius 2 is 2.20 bits per heavy atom. The summed E-state index contributed by atoms with van der Waals surface area (Å²) >= 11 is 1.64. The molecule has 3 nitrogen and oxygen atoms in total. The van der Waals surface area contributed by atoms with Gasteiger partial charge in [-0.1, -0.05) is 25.1 Å². The first-order valence-electron chi connectivity index (χ1n) is 6.86. The van der Waals surface area contributed by atoms with Crippen LogP contribution in [-0.2, 0) is 0 Å². The number of hydrogen-bond donors (Lipinski definition) is 1. The van der Waals surface area contributed by atoms with E-state index in [9.17, 15) is 5.11 Å². The first-order chi connectivity index (χ1) is 9.69. The Morgan fingerprint density at radius 1 is 1.40 bits per heavy atom. The number of aliphatic imine (C=N–C) groups is 1. The minimum Gasteiger partial charge on any atom is -0.490 e. The Hall–Kier alpha value is -1.26. The molecule has 1 aromatic rings. The van der Waals surface area contributed by atoms with E-state index in [0.717, 1.165) is 17.1 Å². The van der Waals surface area contributed by atoms with Gasteiger partial charge in [0.25, 0.3) is 0 Å². The van der Waals surface area contributed by atoms with Gasteiger partial charge < -0.3 is 9.84 Å². The number of para-hydroxylation sites is 1. The number of aliphatic hydroxyl groups excluding tert-OH is 1. The van der Waals surface area contributed by atoms with Crippen molar-refractivity contribution in [1.82, 2.24) is 0 Å². The molecule has 4 heteroatoms. The Morgan fingerprint density at radius 3 is 2.85 bits per heavy atom. The van der Waals surface area contributed by atoms with Crippen molar-refractivity contribution in [1.29, 1.82) is 0 Å². The molecule has 1 heterocycles. The summed E-state index contributed by atoms with van der Waals surface area (Å²) in [6, 6.07) is 7.88. The Bertz CT molecular complexity index is 487. The molecule has 0 spiro atoms. The molecular formula is C16H21NO2S. The quantitative estimate of drug-likeness (QED) is 0.784. The average molecular weight is 291 g/mol. The molecule has 108 valence electrons. The normalized spacial score (nSPS) is 22.1. The first-order valence-corrected chi connectivity index (χ1v) is 8.08. The van der Waals surface area contributed by atoms with Crippen LogP contribution in [0, 0.1) is 0 Å². The van der Waals surface area contributed by atoms with Crippen molar-refractivity contribution in [3.05, 3.63) is 36.4 Å². The fourth-order valence-electron chi connectivity index (χ4n) is 2.32. The molecule has 0 bridgehead atoms. The molecule has 1 aliphatic rings. The summed E-state index contributed by atoms with van der Waals surface area (Å²) in [7, 11) is 0. The second kappa shape index (κ2) is 6.95. The van der Waals surface area contributed by atoms with Gasteiger partial charge in [-0.15, -0.1) is 11.8 Å². The zero-order chi connectivity index (χ0) is 14.4. The third kappa shape index (κ3) is 3.64. The highest BCUT2D eigenvalue weighted by Gasteiger charge is 2.29. The fraction of sp³-hybridized carbons (Fsp3) is 0.438. The van der Waals surface area contributed by atoms with Crippen molar-refractivity contribution in [3.63, 3.8) is 0 Å². The van der Waals surface area contributed by atoms with Gasteiger partial charge in [-0.25, -0.2) is 0 Å². The summed E-state index contributed by atoms with van der Waals surface area (Å²) in [5.41, 5.74) is -0.248. The lowest BCUT2D eigenvalue weighted by Crippen LogP contribution is -2.31. The van der Waals surface area contributed by atoms with Crippen LogP contribution in [0.1, 0.15) is 19.8 Å². The Kier molecular flexibility index (Phi) is 5.26. The van der Waals surface area contributed by atoms with Crippen molar-refractivity contribution >= 4 is 18.0 Å². The SMILES string of the molecule is CCC1(CC(O)COc2ccccc2SC)C=CC=N1. The van der Waals surface area contributed by atoms with Crippen molar-refractivity contribution in [2.24, 2.45) is 4.99 Å². The second-order valence-corrected chi connectivity index (χ2v) is 5.76. The third-order valence-corrected chi connectivity index (χ3v) is 4.30. The van der Waals surface area contributed by atoms with Crippen molar-refractivity contribution in [2.45, 2.75) is 36.3 Å². The molecule has 0 fully saturated rings. The topological polar surface area (TPSA) is 41.8 Å². The largest absolute Gasteiger partial charge is 0.490 e. The highest BCUT2D eigenvalue weighted by molar-refractivity contribution is 7.98. The lowest BCUT2D eigenvalue weighted by atomic mass is 9.91. The minimum absolute atomic E-state index is 0.248. The maximum absolute atomic E-state index is 10.2. The van der Waals surface area contributed by atoms with E-state index in [1.54, 1.807) is 18.0 Å². The molecule has 0 aromatic heterocycles. The maximum Gasteiger partial charge on any atom is 0.132 e. The minimum atomic E-state index is -0.523. The predicted octanol–water partition coefficient (Wildman–Crippen LogP) is 3.33. The number of benzene rings is 1. The van der Waals surface area contributed by atoms with Gasteiger partial charge in [-0.05, 0) is 30.9 Å². The van der Waals surface area contributed by atoms with E-state index < -0.39 is 6.10 Å². The van der Waals surface area contributed by atoms with Gasteiger partial charge in [0.05, 0.1) is 11.6 Å². The first kappa shape index (κ1) is 15.1. The molecule has 0 saturated heterocycles. The zero-order valence-electron chi connectivity index (χ0n) is 12.0. The second-order valence-electron chi connectivity index (χ2n) is 4.91. The molecule has 20 heavy (non-hydrogen) atoms. The van der Waals surface area contributed by atoms with Gasteiger partial charge in [-0.3, -0.25) is 4.99 Å². The predicted molar refractivity (Wildman–Crippen MR) is 85.0 cm³/mol. The van der Waals surface area contributed by atoms with Gasteiger partial charge in [0, 0.05) is 17.5 Å². The lowest BCUT2D eigenvalue weighted by molar-refractivity contribution is 0.0842. The van der Waals surface area contributed by atoms with E-state index in [0.29, 0.717) is 13.0 Å². The van der Waals surface area contributed by atoms with Gasteiger partial charge in [0.15, 0.2) is 0 Å². The smallest absolute Gasteiger partial charge is 0.132 e. The van der Waals surface area contributed by atoms with Crippen LogP contribution in [0.2, 0.25) is 0 Å². The van der Waals surface area contributed by atoms with Gasteiger partial charge in [0.1, 0.15) is 12.4 Å². The Labute approximate surface area is 124 Å². The monoisotopic (exact) mass is 291 g/mol. The van der Waals surface area contributed by atoms with Crippen molar-refractivity contribution in [2.75, 3.05) is 12.9 Å². The molecule has 1 aliphatic heterocycles. The van der Waals surface area contributed by atoms with Crippen molar-refractivity contribution < 1.29 is 9.84 Å². The average Bonchev–Trinajstić information content (AvgIpc) is 2.94. The standard InChI is InChI=1S/C16H21NO2S/c1-3-16(9-6-10-17-16)11-13(18)12-19-14-7-4-5-8-15(14)20-2/h4-10,13,18H,3,11-12H2,1-2H3. The van der Waals surface area contributed by atoms with Gasteiger partial charge >= 0.3 is 0 Å². The van der Waals surface area contributed by atoms with Gasteiger partial charge in [-0.2, -0.15) is 0 Å². The van der Waals surface area contributed by atoms with Crippen LogP contribution in [0.15, 0.2) is 46.3 Å². The molecule has 2 rings (SSSR count). The molecule has 2 unspecified atom stereocenters. The number of thioether (sulfide) groups is 1. The highest BCUT2D eigenvalue weighted by Crippen LogP contribution is 2.29. The maximum atomic E-state index is 10.2. The summed E-state index contributed by atoms with van der Waals surface area (Å²) in [5, 5.41) is 10.2. The molecule has 0 saturated carbocycles. The fourth-order valence-corrected chi connectivity index (χ4v) is 2.86. The molecule has 0 amide bonds. The van der Waals surface area contributed by atoms with E-state index in [4.69, 9.17) is 4.74 Å². The zero-order valence-corrected chi connectivity index (χ0v) is 12.8. The number of ether oxygens (including phenoxy) is 1. The summed E-state index contributed by atoms with van der Waals surface area (Å²) in [4.78, 5) is 5.55. The summed E-state index contributed by atoms with van der Waals surface area (Å²) in [6.07, 6.45) is 8.79. The number of rotatable bonds is 7.